The normalized spacial score (nSPS) is 9.89. The smallest absolute Gasteiger partial charge is 0.341 e. The molecule has 3 nitrogen and oxygen atoms in total. The Bertz CT molecular complexity index is 566. The van der Waals surface area contributed by atoms with E-state index in [1.807, 2.05) is 24.3 Å². The summed E-state index contributed by atoms with van der Waals surface area (Å²) in [7, 11) is 1.35. The Morgan fingerprint density at radius 2 is 1.89 bits per heavy atom. The molecule has 18 heavy (non-hydrogen) atoms. The van der Waals surface area contributed by atoms with Gasteiger partial charge in [-0.1, -0.05) is 34.1 Å². The van der Waals surface area contributed by atoms with Gasteiger partial charge in [-0.05, 0) is 30.3 Å². The van der Waals surface area contributed by atoms with Gasteiger partial charge in [0.15, 0.2) is 0 Å². The predicted octanol–water partition coefficient (Wildman–Crippen LogP) is 4.03. The third-order valence-corrected chi connectivity index (χ3v) is 2.81. The first-order valence-electron chi connectivity index (χ1n) is 5.31. The van der Waals surface area contributed by atoms with E-state index in [2.05, 4.69) is 15.9 Å². The van der Waals surface area contributed by atoms with E-state index in [9.17, 15) is 4.79 Å². The van der Waals surface area contributed by atoms with E-state index in [1.165, 1.54) is 7.11 Å². The Labute approximate surface area is 113 Å². The van der Waals surface area contributed by atoms with Crippen molar-refractivity contribution >= 4 is 21.9 Å². The maximum atomic E-state index is 11.6. The van der Waals surface area contributed by atoms with Crippen LogP contribution in [0.1, 0.15) is 10.4 Å². The highest BCUT2D eigenvalue weighted by Crippen LogP contribution is 2.27. The average Bonchev–Trinajstić information content (AvgIpc) is 2.38. The number of carbonyl (C=O) groups excluding carboxylic acids is 1. The van der Waals surface area contributed by atoms with Crippen LogP contribution >= 0.6 is 15.9 Å². The topological polar surface area (TPSA) is 35.5 Å². The standard InChI is InChI=1S/C14H11BrO3/c1-17-14(16)12-7-2-3-8-13(12)18-11-6-4-5-10(15)9-11/h2-9H,1H3. The number of esters is 1. The van der Waals surface area contributed by atoms with Gasteiger partial charge in [-0.15, -0.1) is 0 Å². The maximum Gasteiger partial charge on any atom is 0.341 e. The fraction of sp³-hybridized carbons (Fsp3) is 0.0714. The SMILES string of the molecule is COC(=O)c1ccccc1Oc1cccc(Br)c1. The van der Waals surface area contributed by atoms with Gasteiger partial charge in [-0.3, -0.25) is 0 Å². The van der Waals surface area contributed by atoms with Crippen molar-refractivity contribution < 1.29 is 14.3 Å². The van der Waals surface area contributed by atoms with Gasteiger partial charge in [0.25, 0.3) is 0 Å². The van der Waals surface area contributed by atoms with Crippen LogP contribution in [0.25, 0.3) is 0 Å². The summed E-state index contributed by atoms with van der Waals surface area (Å²) < 4.78 is 11.3. The van der Waals surface area contributed by atoms with Crippen molar-refractivity contribution in [2.24, 2.45) is 0 Å². The molecule has 0 amide bonds. The molecule has 2 aromatic rings. The summed E-state index contributed by atoms with van der Waals surface area (Å²) in [6.07, 6.45) is 0. The number of hydrogen-bond acceptors (Lipinski definition) is 3. The lowest BCUT2D eigenvalue weighted by atomic mass is 10.2. The molecule has 0 atom stereocenters. The van der Waals surface area contributed by atoms with Crippen molar-refractivity contribution in [1.29, 1.82) is 0 Å². The van der Waals surface area contributed by atoms with Gasteiger partial charge in [0, 0.05) is 4.47 Å². The first kappa shape index (κ1) is 12.6. The van der Waals surface area contributed by atoms with Gasteiger partial charge in [-0.25, -0.2) is 4.79 Å². The zero-order valence-electron chi connectivity index (χ0n) is 9.72. The minimum Gasteiger partial charge on any atom is -0.465 e. The fourth-order valence-corrected chi connectivity index (χ4v) is 1.87. The van der Waals surface area contributed by atoms with Crippen LogP contribution in [0.5, 0.6) is 11.5 Å². The van der Waals surface area contributed by atoms with E-state index in [1.54, 1.807) is 24.3 Å². The number of rotatable bonds is 3. The van der Waals surface area contributed by atoms with Crippen molar-refractivity contribution in [3.8, 4) is 11.5 Å². The number of halogens is 1. The van der Waals surface area contributed by atoms with E-state index in [4.69, 9.17) is 9.47 Å². The molecule has 2 aromatic carbocycles. The Kier molecular flexibility index (Phi) is 3.99. The molecule has 0 unspecified atom stereocenters. The van der Waals surface area contributed by atoms with E-state index in [0.717, 1.165) is 4.47 Å². The minimum absolute atomic E-state index is 0.403. The van der Waals surface area contributed by atoms with Crippen LogP contribution in [-0.4, -0.2) is 13.1 Å². The van der Waals surface area contributed by atoms with Crippen molar-refractivity contribution in [1.82, 2.24) is 0 Å². The fourth-order valence-electron chi connectivity index (χ4n) is 1.49. The molecule has 0 aliphatic rings. The average molecular weight is 307 g/mol. The minimum atomic E-state index is -0.416. The van der Waals surface area contributed by atoms with Crippen LogP contribution in [0.2, 0.25) is 0 Å². The third-order valence-electron chi connectivity index (χ3n) is 2.32. The highest BCUT2D eigenvalue weighted by molar-refractivity contribution is 9.10. The largest absolute Gasteiger partial charge is 0.465 e. The second-order valence-corrected chi connectivity index (χ2v) is 4.46. The maximum absolute atomic E-state index is 11.6. The molecule has 0 spiro atoms. The van der Waals surface area contributed by atoms with Crippen LogP contribution in [0.4, 0.5) is 0 Å². The van der Waals surface area contributed by atoms with Crippen molar-refractivity contribution in [3.05, 3.63) is 58.6 Å². The lowest BCUT2D eigenvalue weighted by Crippen LogP contribution is -2.03. The molecule has 2 rings (SSSR count). The molecule has 0 aromatic heterocycles. The van der Waals surface area contributed by atoms with Gasteiger partial charge in [0.05, 0.1) is 7.11 Å². The van der Waals surface area contributed by atoms with Crippen LogP contribution in [0.15, 0.2) is 53.0 Å². The first-order valence-corrected chi connectivity index (χ1v) is 6.11. The van der Waals surface area contributed by atoms with E-state index >= 15 is 0 Å². The molecule has 92 valence electrons. The molecule has 0 fully saturated rings. The summed E-state index contributed by atoms with van der Waals surface area (Å²) in [4.78, 5) is 11.6. The Hall–Kier alpha value is -1.81. The van der Waals surface area contributed by atoms with Crippen LogP contribution in [0, 0.1) is 0 Å². The molecule has 4 heteroatoms. The van der Waals surface area contributed by atoms with Gasteiger partial charge in [0.2, 0.25) is 0 Å². The summed E-state index contributed by atoms with van der Waals surface area (Å²) in [6.45, 7) is 0. The van der Waals surface area contributed by atoms with Crippen LogP contribution in [-0.2, 0) is 4.74 Å². The van der Waals surface area contributed by atoms with Crippen molar-refractivity contribution in [2.75, 3.05) is 7.11 Å². The zero-order valence-corrected chi connectivity index (χ0v) is 11.3. The van der Waals surface area contributed by atoms with Crippen molar-refractivity contribution in [2.45, 2.75) is 0 Å². The Morgan fingerprint density at radius 3 is 2.61 bits per heavy atom. The summed E-state index contributed by atoms with van der Waals surface area (Å²) in [5, 5.41) is 0. The lowest BCUT2D eigenvalue weighted by molar-refractivity contribution is 0.0598. The summed E-state index contributed by atoms with van der Waals surface area (Å²) in [5.74, 6) is 0.712. The number of benzene rings is 2. The molecule has 0 saturated heterocycles. The highest BCUT2D eigenvalue weighted by atomic mass is 79.9. The van der Waals surface area contributed by atoms with Gasteiger partial charge >= 0.3 is 5.97 Å². The predicted molar refractivity (Wildman–Crippen MR) is 72.0 cm³/mol. The van der Waals surface area contributed by atoms with Crippen LogP contribution < -0.4 is 4.74 Å². The molecular weight excluding hydrogens is 296 g/mol. The second-order valence-electron chi connectivity index (χ2n) is 3.55. The number of hydrogen-bond donors (Lipinski definition) is 0. The highest BCUT2D eigenvalue weighted by Gasteiger charge is 2.12. The number of ether oxygens (including phenoxy) is 2. The summed E-state index contributed by atoms with van der Waals surface area (Å²) in [5.41, 5.74) is 0.403. The first-order chi connectivity index (χ1) is 8.70. The number of methoxy groups -OCH3 is 1. The second kappa shape index (κ2) is 5.69. The zero-order chi connectivity index (χ0) is 13.0. The summed E-state index contributed by atoms with van der Waals surface area (Å²) >= 11 is 3.36. The number of para-hydroxylation sites is 1. The van der Waals surface area contributed by atoms with Crippen molar-refractivity contribution in [3.63, 3.8) is 0 Å². The van der Waals surface area contributed by atoms with Gasteiger partial charge in [-0.2, -0.15) is 0 Å². The monoisotopic (exact) mass is 306 g/mol. The quantitative estimate of drug-likeness (QED) is 0.803. The Morgan fingerprint density at radius 1 is 1.11 bits per heavy atom. The van der Waals surface area contributed by atoms with E-state index in [0.29, 0.717) is 17.1 Å². The number of carbonyl (C=O) groups is 1. The van der Waals surface area contributed by atoms with E-state index < -0.39 is 5.97 Å². The molecule has 0 bridgehead atoms. The molecule has 0 aliphatic heterocycles. The lowest BCUT2D eigenvalue weighted by Gasteiger charge is -2.09. The van der Waals surface area contributed by atoms with E-state index in [-0.39, 0.29) is 0 Å². The summed E-state index contributed by atoms with van der Waals surface area (Å²) in [6, 6.07) is 14.4. The molecule has 0 heterocycles. The molecule has 0 radical (unpaired) electrons. The molecule has 0 aliphatic carbocycles. The third kappa shape index (κ3) is 2.90. The van der Waals surface area contributed by atoms with Crippen LogP contribution in [0.3, 0.4) is 0 Å². The molecular formula is C14H11BrO3. The molecule has 0 saturated carbocycles. The Balaban J connectivity index is 2.32. The van der Waals surface area contributed by atoms with Gasteiger partial charge in [0.1, 0.15) is 17.1 Å². The molecule has 0 N–H and O–H groups in total. The van der Waals surface area contributed by atoms with Gasteiger partial charge < -0.3 is 9.47 Å².